The van der Waals surface area contributed by atoms with Gasteiger partial charge in [0.15, 0.2) is 0 Å². The van der Waals surface area contributed by atoms with Crippen molar-refractivity contribution >= 4 is 17.6 Å². The van der Waals surface area contributed by atoms with Crippen LogP contribution in [-0.4, -0.2) is 44.2 Å². The first kappa shape index (κ1) is 14.0. The van der Waals surface area contributed by atoms with Gasteiger partial charge in [0, 0.05) is 19.6 Å². The first-order chi connectivity index (χ1) is 9.20. The second-order valence-electron chi connectivity index (χ2n) is 4.36. The number of nitrogens with one attached hydrogen (secondary N) is 2. The second kappa shape index (κ2) is 6.63. The molecule has 0 radical (unpaired) electrons. The van der Waals surface area contributed by atoms with E-state index in [4.69, 9.17) is 16.3 Å². The molecule has 1 heterocycles. The normalized spacial score (nSPS) is 14.6. The van der Waals surface area contributed by atoms with Crippen LogP contribution >= 0.6 is 11.6 Å². The van der Waals surface area contributed by atoms with Gasteiger partial charge in [-0.25, -0.2) is 4.79 Å². The first-order valence-electron chi connectivity index (χ1n) is 6.29. The van der Waals surface area contributed by atoms with Crippen LogP contribution in [0.2, 0.25) is 5.02 Å². The molecule has 0 bridgehead atoms. The Labute approximate surface area is 117 Å². The number of hydrogen-bond donors (Lipinski definition) is 2. The maximum Gasteiger partial charge on any atom is 0.317 e. The summed E-state index contributed by atoms with van der Waals surface area (Å²) < 4.78 is 5.61. The molecule has 1 fully saturated rings. The van der Waals surface area contributed by atoms with Gasteiger partial charge in [-0.1, -0.05) is 17.7 Å². The molecule has 6 heteroatoms. The van der Waals surface area contributed by atoms with E-state index in [-0.39, 0.29) is 6.03 Å². The lowest BCUT2D eigenvalue weighted by molar-refractivity contribution is 0.202. The summed E-state index contributed by atoms with van der Waals surface area (Å²) in [5.41, 5.74) is 1.11. The van der Waals surface area contributed by atoms with E-state index < -0.39 is 0 Å². The van der Waals surface area contributed by atoms with Gasteiger partial charge in [0.05, 0.1) is 11.6 Å². The first-order valence-corrected chi connectivity index (χ1v) is 6.67. The van der Waals surface area contributed by atoms with E-state index in [1.54, 1.807) is 4.90 Å². The van der Waals surface area contributed by atoms with Crippen molar-refractivity contribution in [3.8, 4) is 5.75 Å². The minimum Gasteiger partial charge on any atom is -0.490 e. The molecule has 1 aliphatic heterocycles. The van der Waals surface area contributed by atoms with Gasteiger partial charge >= 0.3 is 6.03 Å². The number of halogens is 1. The summed E-state index contributed by atoms with van der Waals surface area (Å²) in [5, 5.41) is 6.41. The fourth-order valence-corrected chi connectivity index (χ4v) is 2.22. The molecule has 0 saturated carbocycles. The van der Waals surface area contributed by atoms with Gasteiger partial charge in [0.2, 0.25) is 0 Å². The smallest absolute Gasteiger partial charge is 0.317 e. The van der Waals surface area contributed by atoms with E-state index in [1.165, 1.54) is 0 Å². The Morgan fingerprint density at radius 2 is 2.37 bits per heavy atom. The molecule has 0 aliphatic carbocycles. The fourth-order valence-electron chi connectivity index (χ4n) is 1.97. The zero-order valence-corrected chi connectivity index (χ0v) is 11.7. The molecular weight excluding hydrogens is 266 g/mol. The summed E-state index contributed by atoms with van der Waals surface area (Å²) in [4.78, 5) is 13.1. The Morgan fingerprint density at radius 1 is 1.53 bits per heavy atom. The molecule has 1 aromatic rings. The van der Waals surface area contributed by atoms with Gasteiger partial charge in [0.1, 0.15) is 12.4 Å². The second-order valence-corrected chi connectivity index (χ2v) is 4.77. The number of amides is 2. The maximum atomic E-state index is 11.3. The van der Waals surface area contributed by atoms with E-state index in [1.807, 2.05) is 25.2 Å². The fraction of sp³-hybridized carbons (Fsp3) is 0.462. The van der Waals surface area contributed by atoms with Crippen molar-refractivity contribution < 1.29 is 9.53 Å². The predicted molar refractivity (Wildman–Crippen MR) is 74.7 cm³/mol. The molecule has 0 unspecified atom stereocenters. The molecule has 0 atom stereocenters. The van der Waals surface area contributed by atoms with Crippen LogP contribution in [0.4, 0.5) is 4.79 Å². The van der Waals surface area contributed by atoms with E-state index in [0.717, 1.165) is 18.7 Å². The third-order valence-corrected chi connectivity index (χ3v) is 3.24. The Kier molecular flexibility index (Phi) is 4.87. The Bertz CT molecular complexity index is 454. The lowest BCUT2D eigenvalue weighted by atomic mass is 10.2. The van der Waals surface area contributed by atoms with Crippen LogP contribution in [0, 0.1) is 0 Å². The predicted octanol–water partition coefficient (Wildman–Crippen LogP) is 1.46. The van der Waals surface area contributed by atoms with Crippen LogP contribution in [0.25, 0.3) is 0 Å². The quantitative estimate of drug-likeness (QED) is 0.831. The highest BCUT2D eigenvalue weighted by molar-refractivity contribution is 6.32. The summed E-state index contributed by atoms with van der Waals surface area (Å²) in [6.45, 7) is 3.22. The van der Waals surface area contributed by atoms with Gasteiger partial charge in [-0.2, -0.15) is 0 Å². The summed E-state index contributed by atoms with van der Waals surface area (Å²) in [7, 11) is 1.89. The molecule has 1 saturated heterocycles. The van der Waals surface area contributed by atoms with E-state index >= 15 is 0 Å². The van der Waals surface area contributed by atoms with Crippen molar-refractivity contribution in [1.29, 1.82) is 0 Å². The average molecular weight is 284 g/mol. The molecule has 2 rings (SSSR count). The van der Waals surface area contributed by atoms with Crippen LogP contribution in [0.1, 0.15) is 5.56 Å². The number of carbonyl (C=O) groups is 1. The van der Waals surface area contributed by atoms with Gasteiger partial charge < -0.3 is 20.3 Å². The number of ether oxygens (including phenoxy) is 1. The van der Waals surface area contributed by atoms with Crippen LogP contribution in [0.5, 0.6) is 5.75 Å². The van der Waals surface area contributed by atoms with Crippen LogP contribution in [-0.2, 0) is 6.54 Å². The highest BCUT2D eigenvalue weighted by Crippen LogP contribution is 2.25. The molecule has 0 spiro atoms. The Balaban J connectivity index is 1.84. The standard InChI is InChI=1S/C13H18ClN3O2/c1-15-9-10-2-3-12(11(14)8-10)19-7-6-17-5-4-16-13(17)18/h2-3,8,15H,4-7,9H2,1H3,(H,16,18). The highest BCUT2D eigenvalue weighted by atomic mass is 35.5. The Hall–Kier alpha value is -1.46. The zero-order valence-electron chi connectivity index (χ0n) is 10.9. The highest BCUT2D eigenvalue weighted by Gasteiger charge is 2.18. The number of hydrogen-bond acceptors (Lipinski definition) is 3. The largest absolute Gasteiger partial charge is 0.490 e. The summed E-state index contributed by atoms with van der Waals surface area (Å²) in [6.07, 6.45) is 0. The third kappa shape index (κ3) is 3.75. The summed E-state index contributed by atoms with van der Waals surface area (Å²) in [6, 6.07) is 5.69. The van der Waals surface area contributed by atoms with Crippen LogP contribution < -0.4 is 15.4 Å². The van der Waals surface area contributed by atoms with Gasteiger partial charge in [0.25, 0.3) is 0 Å². The molecule has 19 heavy (non-hydrogen) atoms. The summed E-state index contributed by atoms with van der Waals surface area (Å²) in [5.74, 6) is 0.654. The molecule has 5 nitrogen and oxygen atoms in total. The number of urea groups is 1. The van der Waals surface area contributed by atoms with Crippen LogP contribution in [0.3, 0.4) is 0 Å². The molecule has 2 N–H and O–H groups in total. The van der Waals surface area contributed by atoms with Crippen molar-refractivity contribution in [3.63, 3.8) is 0 Å². The molecule has 104 valence electrons. The molecule has 0 aromatic heterocycles. The monoisotopic (exact) mass is 283 g/mol. The number of rotatable bonds is 6. The van der Waals surface area contributed by atoms with Crippen molar-refractivity contribution in [2.75, 3.05) is 33.3 Å². The number of carbonyl (C=O) groups excluding carboxylic acids is 1. The lowest BCUT2D eigenvalue weighted by Gasteiger charge is -2.15. The Morgan fingerprint density at radius 3 is 3.00 bits per heavy atom. The zero-order chi connectivity index (χ0) is 13.7. The number of nitrogens with zero attached hydrogens (tertiary/aromatic N) is 1. The van der Waals surface area contributed by atoms with E-state index in [0.29, 0.717) is 30.5 Å². The van der Waals surface area contributed by atoms with E-state index in [9.17, 15) is 4.79 Å². The number of benzene rings is 1. The molecule has 1 aromatic carbocycles. The van der Waals surface area contributed by atoms with Gasteiger partial charge in [-0.3, -0.25) is 0 Å². The van der Waals surface area contributed by atoms with Crippen molar-refractivity contribution in [3.05, 3.63) is 28.8 Å². The molecule has 1 aliphatic rings. The topological polar surface area (TPSA) is 53.6 Å². The van der Waals surface area contributed by atoms with E-state index in [2.05, 4.69) is 10.6 Å². The van der Waals surface area contributed by atoms with Crippen LogP contribution in [0.15, 0.2) is 18.2 Å². The third-order valence-electron chi connectivity index (χ3n) is 2.94. The minimum atomic E-state index is -0.0286. The van der Waals surface area contributed by atoms with Gasteiger partial charge in [-0.15, -0.1) is 0 Å². The molecule has 2 amide bonds. The van der Waals surface area contributed by atoms with Crippen molar-refractivity contribution in [2.24, 2.45) is 0 Å². The SMILES string of the molecule is CNCc1ccc(OCCN2CCNC2=O)c(Cl)c1. The maximum absolute atomic E-state index is 11.3. The van der Waals surface area contributed by atoms with Crippen molar-refractivity contribution in [2.45, 2.75) is 6.54 Å². The minimum absolute atomic E-state index is 0.0286. The molecular formula is C13H18ClN3O2. The lowest BCUT2D eigenvalue weighted by Crippen LogP contribution is -2.31. The van der Waals surface area contributed by atoms with Crippen molar-refractivity contribution in [1.82, 2.24) is 15.5 Å². The van der Waals surface area contributed by atoms with Gasteiger partial charge in [-0.05, 0) is 24.7 Å². The summed E-state index contributed by atoms with van der Waals surface area (Å²) >= 11 is 6.14. The average Bonchev–Trinajstić information content (AvgIpc) is 2.78.